The number of carboxylic acid groups (broad SMARTS) is 2. The third-order valence-electron chi connectivity index (χ3n) is 6.59. The molecule has 0 aliphatic heterocycles. The molecule has 0 saturated heterocycles. The fourth-order valence-electron chi connectivity index (χ4n) is 4.43. The first-order valence-electron chi connectivity index (χ1n) is 13.9. The van der Waals surface area contributed by atoms with Crippen molar-refractivity contribution in [2.24, 2.45) is 5.73 Å². The predicted octanol–water partition coefficient (Wildman–Crippen LogP) is 1.25. The molecule has 0 aromatic rings. The minimum absolute atomic E-state index is 0. The summed E-state index contributed by atoms with van der Waals surface area (Å²) in [6.45, 7) is 1.99. The summed E-state index contributed by atoms with van der Waals surface area (Å²) in [7, 11) is -5.09. The van der Waals surface area contributed by atoms with Crippen molar-refractivity contribution >= 4 is 33.9 Å². The first-order valence-corrected chi connectivity index (χ1v) is 15.4. The van der Waals surface area contributed by atoms with Gasteiger partial charge in [-0.3, -0.25) is 18.9 Å². The molecule has 224 valence electrons. The van der Waals surface area contributed by atoms with Crippen LogP contribution >= 0.6 is 0 Å². The smallest absolute Gasteiger partial charge is 1.00 e. The van der Waals surface area contributed by atoms with Crippen LogP contribution in [0.3, 0.4) is 0 Å². The van der Waals surface area contributed by atoms with E-state index in [9.17, 15) is 37.3 Å². The molecule has 0 aliphatic rings. The molecular formula is C26H49N2NaO9S. The van der Waals surface area contributed by atoms with Crippen molar-refractivity contribution in [1.82, 2.24) is 4.90 Å². The molecule has 0 aromatic carbocycles. The van der Waals surface area contributed by atoms with Gasteiger partial charge in [0.05, 0.1) is 12.8 Å². The van der Waals surface area contributed by atoms with Crippen LogP contribution in [0.1, 0.15) is 124 Å². The van der Waals surface area contributed by atoms with Crippen LogP contribution in [0.4, 0.5) is 0 Å². The van der Waals surface area contributed by atoms with Gasteiger partial charge >= 0.3 is 41.5 Å². The second-order valence-corrected chi connectivity index (χ2v) is 11.6. The van der Waals surface area contributed by atoms with Gasteiger partial charge in [0.1, 0.15) is 6.04 Å². The molecule has 0 radical (unpaired) electrons. The normalized spacial score (nSPS) is 12.8. The van der Waals surface area contributed by atoms with Gasteiger partial charge in [-0.25, -0.2) is 4.79 Å². The largest absolute Gasteiger partial charge is 1.00 e. The van der Waals surface area contributed by atoms with Crippen molar-refractivity contribution in [1.29, 1.82) is 0 Å². The monoisotopic (exact) mass is 588 g/mol. The van der Waals surface area contributed by atoms with Crippen molar-refractivity contribution in [3.05, 3.63) is 0 Å². The van der Waals surface area contributed by atoms with E-state index in [1.165, 1.54) is 64.2 Å². The first kappa shape index (κ1) is 39.9. The Labute approximate surface area is 257 Å². The summed E-state index contributed by atoms with van der Waals surface area (Å²) in [6.07, 6.45) is 15.8. The molecule has 39 heavy (non-hydrogen) atoms. The molecule has 0 fully saturated rings. The summed E-state index contributed by atoms with van der Waals surface area (Å²) in [6, 6.07) is -1.85. The summed E-state index contributed by atoms with van der Waals surface area (Å²) >= 11 is 0. The van der Waals surface area contributed by atoms with Crippen molar-refractivity contribution in [3.63, 3.8) is 0 Å². The van der Waals surface area contributed by atoms with Crippen LogP contribution in [-0.2, 0) is 29.3 Å². The van der Waals surface area contributed by atoms with Crippen molar-refractivity contribution in [2.45, 2.75) is 134 Å². The third-order valence-corrected chi connectivity index (χ3v) is 7.67. The molecule has 2 amide bonds. The molecule has 0 rings (SSSR count). The molecular weight excluding hydrogens is 539 g/mol. The van der Waals surface area contributed by atoms with E-state index in [1.807, 2.05) is 0 Å². The zero-order valence-corrected chi connectivity index (χ0v) is 26.6. The number of nitrogens with zero attached hydrogens (tertiary/aromatic N) is 1. The summed E-state index contributed by atoms with van der Waals surface area (Å²) in [5, 5.41) is 16.3. The Kier molecular flexibility index (Phi) is 24.1. The minimum Gasteiger partial charge on any atom is -1.00 e. The zero-order valence-electron chi connectivity index (χ0n) is 24.8. The number of rotatable bonds is 25. The first-order chi connectivity index (χ1) is 17.9. The van der Waals surface area contributed by atoms with Gasteiger partial charge in [-0.1, -0.05) is 103 Å². The standard InChI is InChI=1S/C26H48N2O9S.Na.H/c1-2-3-4-5-6-7-8-9-10-11-12-13-14-15-16-17-18-28(21(26(33)34)19-24(30)31)25(32)22(20-23(27)29)38(35,36)37;;/h21-22H,2-20H2,1H3,(H2,27,29)(H,30,31)(H,33,34)(H,35,36,37);;/q;+1;-1. The Balaban J connectivity index is -0.00000684. The molecule has 0 spiro atoms. The molecule has 13 heteroatoms. The van der Waals surface area contributed by atoms with Gasteiger partial charge in [-0.05, 0) is 6.42 Å². The van der Waals surface area contributed by atoms with Gasteiger partial charge in [0.25, 0.3) is 10.1 Å². The number of carbonyl (C=O) groups is 4. The number of amides is 2. The second kappa shape index (κ2) is 23.5. The second-order valence-electron chi connectivity index (χ2n) is 9.96. The van der Waals surface area contributed by atoms with E-state index in [0.717, 1.165) is 25.7 Å². The van der Waals surface area contributed by atoms with Gasteiger partial charge in [0, 0.05) is 6.54 Å². The van der Waals surface area contributed by atoms with Crippen LogP contribution in [0, 0.1) is 0 Å². The molecule has 0 saturated carbocycles. The number of carboxylic acids is 2. The Morgan fingerprint density at radius 2 is 1.13 bits per heavy atom. The molecule has 2 atom stereocenters. The minimum atomic E-state index is -5.09. The van der Waals surface area contributed by atoms with Crippen LogP contribution in [-0.4, -0.2) is 69.7 Å². The van der Waals surface area contributed by atoms with Gasteiger partial charge < -0.3 is 22.3 Å². The summed E-state index contributed by atoms with van der Waals surface area (Å²) < 4.78 is 32.8. The number of carbonyl (C=O) groups excluding carboxylic acids is 2. The SMILES string of the molecule is CCCCCCCCCCCCCCCCCCN(C(=O)C(CC(N)=O)S(=O)(=O)O)C(CC(=O)O)C(=O)O.[H-].[Na+]. The van der Waals surface area contributed by atoms with Crippen LogP contribution in [0.5, 0.6) is 0 Å². The molecule has 2 unspecified atom stereocenters. The van der Waals surface area contributed by atoms with Gasteiger partial charge in [-0.15, -0.1) is 0 Å². The predicted molar refractivity (Wildman–Crippen MR) is 145 cm³/mol. The third kappa shape index (κ3) is 20.3. The van der Waals surface area contributed by atoms with E-state index < -0.39 is 58.0 Å². The fourth-order valence-corrected chi connectivity index (χ4v) is 5.20. The number of hydrogen-bond donors (Lipinski definition) is 4. The summed E-state index contributed by atoms with van der Waals surface area (Å²) in [4.78, 5) is 47.6. The molecule has 0 aliphatic carbocycles. The quantitative estimate of drug-likeness (QED) is 0.0690. The van der Waals surface area contributed by atoms with E-state index in [1.54, 1.807) is 0 Å². The fraction of sp³-hybridized carbons (Fsp3) is 0.846. The van der Waals surface area contributed by atoms with Crippen LogP contribution < -0.4 is 35.3 Å². The van der Waals surface area contributed by atoms with Crippen molar-refractivity contribution < 1.29 is 73.3 Å². The van der Waals surface area contributed by atoms with Crippen molar-refractivity contribution in [2.75, 3.05) is 6.54 Å². The van der Waals surface area contributed by atoms with E-state index in [2.05, 4.69) is 6.92 Å². The summed E-state index contributed by atoms with van der Waals surface area (Å²) in [5.74, 6) is -5.68. The molecule has 11 nitrogen and oxygen atoms in total. The van der Waals surface area contributed by atoms with E-state index in [-0.39, 0.29) is 37.5 Å². The van der Waals surface area contributed by atoms with Gasteiger partial charge in [0.15, 0.2) is 5.25 Å². The average molecular weight is 589 g/mol. The number of unbranched alkanes of at least 4 members (excludes halogenated alkanes) is 15. The van der Waals surface area contributed by atoms with Crippen LogP contribution in [0.25, 0.3) is 0 Å². The Morgan fingerprint density at radius 1 is 0.744 bits per heavy atom. The Bertz CT molecular complexity index is 831. The maximum absolute atomic E-state index is 12.9. The maximum Gasteiger partial charge on any atom is 1.00 e. The Hall–Kier alpha value is -1.21. The summed E-state index contributed by atoms with van der Waals surface area (Å²) in [5.41, 5.74) is 4.99. The van der Waals surface area contributed by atoms with Crippen LogP contribution in [0.15, 0.2) is 0 Å². The van der Waals surface area contributed by atoms with Gasteiger partial charge in [0.2, 0.25) is 11.8 Å². The van der Waals surface area contributed by atoms with E-state index >= 15 is 0 Å². The number of primary amides is 1. The molecule has 0 aromatic heterocycles. The number of hydrogen-bond acceptors (Lipinski definition) is 6. The zero-order chi connectivity index (χ0) is 29.0. The van der Waals surface area contributed by atoms with Crippen molar-refractivity contribution in [3.8, 4) is 0 Å². The topological polar surface area (TPSA) is 192 Å². The average Bonchev–Trinajstić information content (AvgIpc) is 2.82. The number of nitrogens with two attached hydrogens (primary N) is 1. The van der Waals surface area contributed by atoms with Crippen LogP contribution in [0.2, 0.25) is 0 Å². The van der Waals surface area contributed by atoms with Gasteiger partial charge in [-0.2, -0.15) is 8.42 Å². The Morgan fingerprint density at radius 3 is 1.44 bits per heavy atom. The van der Waals surface area contributed by atoms with E-state index in [4.69, 9.17) is 10.8 Å². The van der Waals surface area contributed by atoms with E-state index in [0.29, 0.717) is 17.7 Å². The molecule has 0 heterocycles. The number of aliphatic carboxylic acids is 2. The molecule has 0 bridgehead atoms. The molecule has 5 N–H and O–H groups in total. The maximum atomic E-state index is 12.9.